The summed E-state index contributed by atoms with van der Waals surface area (Å²) in [5.41, 5.74) is -1.33. The van der Waals surface area contributed by atoms with Gasteiger partial charge in [-0.15, -0.1) is 0 Å². The molecule has 4 heteroatoms. The minimum absolute atomic E-state index is 0.431. The third kappa shape index (κ3) is 4.28. The molecule has 0 N–H and O–H groups in total. The first-order valence-corrected chi connectivity index (χ1v) is 12.1. The zero-order valence-corrected chi connectivity index (χ0v) is 19.2. The monoisotopic (exact) mass is 452 g/mol. The molecule has 0 bridgehead atoms. The fraction of sp³-hybridized carbons (Fsp3) is 0.267. The molecule has 34 heavy (non-hydrogen) atoms. The van der Waals surface area contributed by atoms with E-state index >= 15 is 0 Å². The van der Waals surface area contributed by atoms with Gasteiger partial charge in [-0.2, -0.15) is 0 Å². The first kappa shape index (κ1) is 22.1. The predicted octanol–water partition coefficient (Wildman–Crippen LogP) is 7.23. The minimum atomic E-state index is -1.33. The zero-order chi connectivity index (χ0) is 23.4. The molecule has 172 valence electrons. The number of rotatable bonds is 4. The zero-order valence-electron chi connectivity index (χ0n) is 19.2. The van der Waals surface area contributed by atoms with Crippen molar-refractivity contribution in [2.45, 2.75) is 44.9 Å². The molecule has 4 aromatic carbocycles. The van der Waals surface area contributed by atoms with Crippen LogP contribution in [0, 0.1) is 5.41 Å². The average molecular weight is 453 g/mol. The molecule has 4 aromatic rings. The van der Waals surface area contributed by atoms with Gasteiger partial charge in [0.25, 0.3) is 0 Å². The maximum atomic E-state index is 13.8. The number of carbonyl (C=O) groups is 2. The van der Waals surface area contributed by atoms with E-state index in [0.29, 0.717) is 24.3 Å². The Kier molecular flexibility index (Phi) is 6.31. The van der Waals surface area contributed by atoms with Crippen LogP contribution in [0.2, 0.25) is 0 Å². The van der Waals surface area contributed by atoms with Gasteiger partial charge in [-0.25, -0.2) is 0 Å². The lowest BCUT2D eigenvalue weighted by Crippen LogP contribution is -2.45. The maximum Gasteiger partial charge on any atom is 0.328 e. The molecule has 0 amide bonds. The lowest BCUT2D eigenvalue weighted by atomic mass is 9.76. The first-order chi connectivity index (χ1) is 16.7. The molecule has 1 saturated carbocycles. The predicted molar refractivity (Wildman–Crippen MR) is 134 cm³/mol. The number of hydrogen-bond donors (Lipinski definition) is 0. The molecule has 0 radical (unpaired) electrons. The third-order valence-electron chi connectivity index (χ3n) is 6.89. The SMILES string of the molecule is O=C(Oc1cccc2ccccc12)C1(C(=O)Oc2cccc3ccccc23)CCCCCCC1. The van der Waals surface area contributed by atoms with E-state index in [1.807, 2.05) is 72.8 Å². The quantitative estimate of drug-likeness (QED) is 0.186. The number of ether oxygens (including phenoxy) is 2. The highest BCUT2D eigenvalue weighted by Gasteiger charge is 2.49. The second kappa shape index (κ2) is 9.68. The van der Waals surface area contributed by atoms with Crippen LogP contribution >= 0.6 is 0 Å². The van der Waals surface area contributed by atoms with Crippen molar-refractivity contribution in [1.29, 1.82) is 0 Å². The standard InChI is InChI=1S/C30H28O4/c31-28(33-26-18-10-14-22-12-4-6-16-24(22)26)30(20-8-2-1-3-9-21-30)29(32)34-27-19-11-15-23-13-5-7-17-25(23)27/h4-7,10-19H,1-3,8-9,20-21H2. The van der Waals surface area contributed by atoms with Crippen molar-refractivity contribution >= 4 is 33.5 Å². The van der Waals surface area contributed by atoms with E-state index in [9.17, 15) is 9.59 Å². The summed E-state index contributed by atoms with van der Waals surface area (Å²) in [6, 6.07) is 26.8. The average Bonchev–Trinajstić information content (AvgIpc) is 2.84. The Morgan fingerprint density at radius 3 is 1.44 bits per heavy atom. The van der Waals surface area contributed by atoms with Gasteiger partial charge in [-0.05, 0) is 35.7 Å². The van der Waals surface area contributed by atoms with E-state index in [4.69, 9.17) is 9.47 Å². The Labute approximate surface area is 199 Å². The molecule has 0 spiro atoms. The van der Waals surface area contributed by atoms with Gasteiger partial charge < -0.3 is 9.47 Å². The number of benzene rings is 4. The van der Waals surface area contributed by atoms with E-state index in [2.05, 4.69) is 0 Å². The highest BCUT2D eigenvalue weighted by atomic mass is 16.6. The van der Waals surface area contributed by atoms with Gasteiger partial charge in [0.05, 0.1) is 0 Å². The summed E-state index contributed by atoms with van der Waals surface area (Å²) in [6.07, 6.45) is 5.54. The number of hydrogen-bond acceptors (Lipinski definition) is 4. The molecule has 0 unspecified atom stereocenters. The van der Waals surface area contributed by atoms with Crippen LogP contribution in [-0.4, -0.2) is 11.9 Å². The van der Waals surface area contributed by atoms with Crippen molar-refractivity contribution in [3.63, 3.8) is 0 Å². The third-order valence-corrected chi connectivity index (χ3v) is 6.89. The van der Waals surface area contributed by atoms with Crippen molar-refractivity contribution < 1.29 is 19.1 Å². The first-order valence-electron chi connectivity index (χ1n) is 12.1. The Bertz CT molecular complexity index is 1230. The fourth-order valence-corrected chi connectivity index (χ4v) is 4.96. The number of fused-ring (bicyclic) bond motifs is 2. The van der Waals surface area contributed by atoms with Gasteiger partial charge in [0, 0.05) is 10.8 Å². The summed E-state index contributed by atoms with van der Waals surface area (Å²) >= 11 is 0. The highest BCUT2D eigenvalue weighted by molar-refractivity contribution is 6.03. The highest BCUT2D eigenvalue weighted by Crippen LogP contribution is 2.39. The summed E-state index contributed by atoms with van der Waals surface area (Å²) in [4.78, 5) is 27.5. The molecular formula is C30H28O4. The van der Waals surface area contributed by atoms with Gasteiger partial charge in [-0.1, -0.05) is 105 Å². The van der Waals surface area contributed by atoms with Crippen molar-refractivity contribution in [2.75, 3.05) is 0 Å². The van der Waals surface area contributed by atoms with Crippen molar-refractivity contribution in [3.8, 4) is 11.5 Å². The Hall–Kier alpha value is -3.66. The molecule has 0 aliphatic heterocycles. The fourth-order valence-electron chi connectivity index (χ4n) is 4.96. The van der Waals surface area contributed by atoms with Crippen LogP contribution in [0.25, 0.3) is 21.5 Å². The molecule has 0 saturated heterocycles. The normalized spacial score (nSPS) is 15.9. The maximum absolute atomic E-state index is 13.8. The Morgan fingerprint density at radius 1 is 0.529 bits per heavy atom. The summed E-state index contributed by atoms with van der Waals surface area (Å²) in [5.74, 6) is -0.0861. The summed E-state index contributed by atoms with van der Waals surface area (Å²) in [7, 11) is 0. The molecule has 1 aliphatic rings. The number of esters is 2. The lowest BCUT2D eigenvalue weighted by molar-refractivity contribution is -0.162. The van der Waals surface area contributed by atoms with E-state index in [-0.39, 0.29) is 0 Å². The number of carbonyl (C=O) groups excluding carboxylic acids is 2. The molecule has 0 aromatic heterocycles. The lowest BCUT2D eigenvalue weighted by Gasteiger charge is -2.31. The van der Waals surface area contributed by atoms with Gasteiger partial charge >= 0.3 is 11.9 Å². The summed E-state index contributed by atoms with van der Waals surface area (Å²) < 4.78 is 11.9. The van der Waals surface area contributed by atoms with Crippen LogP contribution in [0.5, 0.6) is 11.5 Å². The molecule has 1 aliphatic carbocycles. The molecule has 4 nitrogen and oxygen atoms in total. The van der Waals surface area contributed by atoms with E-state index in [1.165, 1.54) is 0 Å². The minimum Gasteiger partial charge on any atom is -0.425 e. The van der Waals surface area contributed by atoms with Crippen LogP contribution in [0.4, 0.5) is 0 Å². The second-order valence-electron chi connectivity index (χ2n) is 9.08. The van der Waals surface area contributed by atoms with Crippen molar-refractivity contribution in [1.82, 2.24) is 0 Å². The van der Waals surface area contributed by atoms with Crippen LogP contribution in [-0.2, 0) is 9.59 Å². The van der Waals surface area contributed by atoms with Crippen LogP contribution in [0.15, 0.2) is 84.9 Å². The molecule has 5 rings (SSSR count). The van der Waals surface area contributed by atoms with Crippen LogP contribution < -0.4 is 9.47 Å². The summed E-state index contributed by atoms with van der Waals surface area (Å²) in [6.45, 7) is 0. The van der Waals surface area contributed by atoms with E-state index in [1.54, 1.807) is 12.1 Å². The molecule has 0 heterocycles. The topological polar surface area (TPSA) is 52.6 Å². The Balaban J connectivity index is 1.50. The second-order valence-corrected chi connectivity index (χ2v) is 9.08. The van der Waals surface area contributed by atoms with Crippen molar-refractivity contribution in [2.24, 2.45) is 5.41 Å². The van der Waals surface area contributed by atoms with Gasteiger partial charge in [0.1, 0.15) is 11.5 Å². The van der Waals surface area contributed by atoms with Gasteiger partial charge in [0.2, 0.25) is 0 Å². The van der Waals surface area contributed by atoms with Gasteiger partial charge in [0.15, 0.2) is 5.41 Å². The molecule has 0 atom stereocenters. The van der Waals surface area contributed by atoms with Crippen LogP contribution in [0.1, 0.15) is 44.9 Å². The largest absolute Gasteiger partial charge is 0.425 e. The Morgan fingerprint density at radius 2 is 0.941 bits per heavy atom. The van der Waals surface area contributed by atoms with E-state index < -0.39 is 17.4 Å². The van der Waals surface area contributed by atoms with E-state index in [0.717, 1.165) is 53.6 Å². The van der Waals surface area contributed by atoms with Crippen LogP contribution in [0.3, 0.4) is 0 Å². The molecular weight excluding hydrogens is 424 g/mol. The van der Waals surface area contributed by atoms with Gasteiger partial charge in [-0.3, -0.25) is 9.59 Å². The summed E-state index contributed by atoms with van der Waals surface area (Å²) in [5, 5.41) is 3.67. The van der Waals surface area contributed by atoms with Crippen molar-refractivity contribution in [3.05, 3.63) is 84.9 Å². The smallest absolute Gasteiger partial charge is 0.328 e. The molecule has 1 fully saturated rings.